The van der Waals surface area contributed by atoms with Crippen molar-refractivity contribution in [3.63, 3.8) is 0 Å². The highest BCUT2D eigenvalue weighted by molar-refractivity contribution is 5.49. The Hall–Kier alpha value is -1.02. The molecular weight excluding hydrogens is 232 g/mol. The molecule has 104 valence electrons. The molecular formula is C17H26N2. The van der Waals surface area contributed by atoms with Crippen molar-refractivity contribution in [2.24, 2.45) is 0 Å². The monoisotopic (exact) mass is 258 g/mol. The second kappa shape index (κ2) is 5.96. The zero-order chi connectivity index (χ0) is 13.1. The molecule has 2 nitrogen and oxygen atoms in total. The van der Waals surface area contributed by atoms with Gasteiger partial charge < -0.3 is 10.2 Å². The molecule has 1 unspecified atom stereocenters. The second-order valence-electron chi connectivity index (χ2n) is 5.99. The van der Waals surface area contributed by atoms with Crippen molar-refractivity contribution in [2.75, 3.05) is 25.0 Å². The third-order valence-corrected chi connectivity index (χ3v) is 4.74. The van der Waals surface area contributed by atoms with Gasteiger partial charge in [-0.15, -0.1) is 0 Å². The zero-order valence-corrected chi connectivity index (χ0v) is 12.1. The van der Waals surface area contributed by atoms with E-state index in [4.69, 9.17) is 0 Å². The van der Waals surface area contributed by atoms with E-state index in [9.17, 15) is 0 Å². The predicted octanol–water partition coefficient (Wildman–Crippen LogP) is 3.46. The molecule has 2 aliphatic rings. The van der Waals surface area contributed by atoms with Gasteiger partial charge in [0, 0.05) is 18.3 Å². The van der Waals surface area contributed by atoms with Gasteiger partial charge in [0.1, 0.15) is 0 Å². The molecule has 1 aliphatic carbocycles. The molecule has 0 bridgehead atoms. The first kappa shape index (κ1) is 13.0. The third-order valence-electron chi connectivity index (χ3n) is 4.74. The lowest BCUT2D eigenvalue weighted by Crippen LogP contribution is -2.32. The van der Waals surface area contributed by atoms with Crippen LogP contribution >= 0.6 is 0 Å². The van der Waals surface area contributed by atoms with Gasteiger partial charge in [-0.05, 0) is 81.8 Å². The molecule has 2 heteroatoms. The van der Waals surface area contributed by atoms with Gasteiger partial charge in [0.15, 0.2) is 0 Å². The predicted molar refractivity (Wildman–Crippen MR) is 81.8 cm³/mol. The standard InChI is InChI=1S/C17H26N2/c1-2-18-16-8-5-14-6-9-17(10-7-15(14)13-16)19-11-3-4-12-19/h5,8,13,17-18H,2-4,6-7,9-12H2,1H3. The minimum absolute atomic E-state index is 0.831. The van der Waals surface area contributed by atoms with Gasteiger partial charge in [-0.1, -0.05) is 6.07 Å². The summed E-state index contributed by atoms with van der Waals surface area (Å²) in [5, 5.41) is 3.43. The highest BCUT2D eigenvalue weighted by Crippen LogP contribution is 2.27. The van der Waals surface area contributed by atoms with E-state index in [0.717, 1.165) is 12.6 Å². The molecule has 0 saturated carbocycles. The molecule has 1 aromatic rings. The van der Waals surface area contributed by atoms with E-state index in [1.54, 1.807) is 11.1 Å². The van der Waals surface area contributed by atoms with Crippen molar-refractivity contribution in [2.45, 2.75) is 51.5 Å². The van der Waals surface area contributed by atoms with Crippen LogP contribution in [0.2, 0.25) is 0 Å². The fraction of sp³-hybridized carbons (Fsp3) is 0.647. The second-order valence-corrected chi connectivity index (χ2v) is 5.99. The molecule has 19 heavy (non-hydrogen) atoms. The first-order valence-corrected chi connectivity index (χ1v) is 7.96. The van der Waals surface area contributed by atoms with Gasteiger partial charge >= 0.3 is 0 Å². The van der Waals surface area contributed by atoms with Gasteiger partial charge in [0.05, 0.1) is 0 Å². The van der Waals surface area contributed by atoms with Gasteiger partial charge in [-0.25, -0.2) is 0 Å². The van der Waals surface area contributed by atoms with Crippen LogP contribution < -0.4 is 5.32 Å². The van der Waals surface area contributed by atoms with Crippen LogP contribution in [-0.4, -0.2) is 30.6 Å². The summed E-state index contributed by atoms with van der Waals surface area (Å²) in [5.41, 5.74) is 4.46. The number of aryl methyl sites for hydroxylation is 2. The van der Waals surface area contributed by atoms with Crippen LogP contribution in [0.3, 0.4) is 0 Å². The van der Waals surface area contributed by atoms with Crippen molar-refractivity contribution >= 4 is 5.69 Å². The van der Waals surface area contributed by atoms with E-state index in [1.165, 1.54) is 57.3 Å². The van der Waals surface area contributed by atoms with Crippen LogP contribution in [0, 0.1) is 0 Å². The Balaban J connectivity index is 1.70. The summed E-state index contributed by atoms with van der Waals surface area (Å²) in [4.78, 5) is 2.73. The molecule has 1 heterocycles. The summed E-state index contributed by atoms with van der Waals surface area (Å²) >= 11 is 0. The van der Waals surface area contributed by atoms with Gasteiger partial charge in [0.25, 0.3) is 0 Å². The SMILES string of the molecule is CCNc1ccc2c(c1)CCC(N1CCCC1)CC2. The maximum Gasteiger partial charge on any atom is 0.0343 e. The molecule has 3 rings (SSSR count). The normalized spacial score (nSPS) is 23.9. The van der Waals surface area contributed by atoms with Crippen LogP contribution in [0.15, 0.2) is 18.2 Å². The molecule has 0 amide bonds. The number of fused-ring (bicyclic) bond motifs is 1. The summed E-state index contributed by atoms with van der Waals surface area (Å²) < 4.78 is 0. The maximum absolute atomic E-state index is 3.43. The van der Waals surface area contributed by atoms with Crippen LogP contribution in [0.4, 0.5) is 5.69 Å². The molecule has 0 spiro atoms. The summed E-state index contributed by atoms with van der Waals surface area (Å²) in [6.07, 6.45) is 8.05. The summed E-state index contributed by atoms with van der Waals surface area (Å²) in [7, 11) is 0. The smallest absolute Gasteiger partial charge is 0.0343 e. The molecule has 1 fully saturated rings. The van der Waals surface area contributed by atoms with Gasteiger partial charge in [-0.3, -0.25) is 0 Å². The Morgan fingerprint density at radius 1 is 1.11 bits per heavy atom. The fourth-order valence-electron chi connectivity index (χ4n) is 3.68. The molecule has 1 N–H and O–H groups in total. The quantitative estimate of drug-likeness (QED) is 0.835. The Kier molecular flexibility index (Phi) is 4.07. The Labute approximate surface area is 117 Å². The Morgan fingerprint density at radius 2 is 1.84 bits per heavy atom. The van der Waals surface area contributed by atoms with Crippen molar-refractivity contribution < 1.29 is 0 Å². The third kappa shape index (κ3) is 2.94. The Morgan fingerprint density at radius 3 is 2.58 bits per heavy atom. The molecule has 0 aromatic heterocycles. The lowest BCUT2D eigenvalue weighted by Gasteiger charge is -2.25. The maximum atomic E-state index is 3.43. The summed E-state index contributed by atoms with van der Waals surface area (Å²) in [6, 6.07) is 7.81. The minimum atomic E-state index is 0.831. The number of nitrogens with zero attached hydrogens (tertiary/aromatic N) is 1. The first-order valence-electron chi connectivity index (χ1n) is 7.96. The number of nitrogens with one attached hydrogen (secondary N) is 1. The molecule has 1 atom stereocenters. The van der Waals surface area contributed by atoms with E-state index >= 15 is 0 Å². The average Bonchev–Trinajstić information content (AvgIpc) is 2.87. The largest absolute Gasteiger partial charge is 0.385 e. The number of hydrogen-bond donors (Lipinski definition) is 1. The number of rotatable bonds is 3. The van der Waals surface area contributed by atoms with Crippen molar-refractivity contribution in [1.82, 2.24) is 4.90 Å². The summed E-state index contributed by atoms with van der Waals surface area (Å²) in [5.74, 6) is 0. The average molecular weight is 258 g/mol. The van der Waals surface area contributed by atoms with E-state index < -0.39 is 0 Å². The van der Waals surface area contributed by atoms with E-state index in [-0.39, 0.29) is 0 Å². The van der Waals surface area contributed by atoms with Crippen LogP contribution in [0.5, 0.6) is 0 Å². The van der Waals surface area contributed by atoms with Crippen molar-refractivity contribution in [1.29, 1.82) is 0 Å². The van der Waals surface area contributed by atoms with Gasteiger partial charge in [0.2, 0.25) is 0 Å². The first-order chi connectivity index (χ1) is 9.36. The van der Waals surface area contributed by atoms with Crippen molar-refractivity contribution in [3.8, 4) is 0 Å². The highest BCUT2D eigenvalue weighted by Gasteiger charge is 2.24. The number of likely N-dealkylation sites (tertiary alicyclic amines) is 1. The van der Waals surface area contributed by atoms with Crippen molar-refractivity contribution in [3.05, 3.63) is 29.3 Å². The fourth-order valence-corrected chi connectivity index (χ4v) is 3.68. The Bertz CT molecular complexity index is 421. The molecule has 0 radical (unpaired) electrons. The molecule has 1 saturated heterocycles. The summed E-state index contributed by atoms with van der Waals surface area (Å²) in [6.45, 7) is 5.84. The van der Waals surface area contributed by atoms with E-state index in [2.05, 4.69) is 35.3 Å². The zero-order valence-electron chi connectivity index (χ0n) is 12.1. The topological polar surface area (TPSA) is 15.3 Å². The highest BCUT2D eigenvalue weighted by atomic mass is 15.2. The van der Waals surface area contributed by atoms with Gasteiger partial charge in [-0.2, -0.15) is 0 Å². The lowest BCUT2D eigenvalue weighted by atomic mass is 10.0. The molecule has 1 aliphatic heterocycles. The lowest BCUT2D eigenvalue weighted by molar-refractivity contribution is 0.222. The van der Waals surface area contributed by atoms with Crippen LogP contribution in [0.25, 0.3) is 0 Å². The minimum Gasteiger partial charge on any atom is -0.385 e. The number of anilines is 1. The number of benzene rings is 1. The van der Waals surface area contributed by atoms with E-state index in [0.29, 0.717) is 0 Å². The van der Waals surface area contributed by atoms with Crippen LogP contribution in [0.1, 0.15) is 43.7 Å². The number of hydrogen-bond acceptors (Lipinski definition) is 2. The van der Waals surface area contributed by atoms with Crippen LogP contribution in [-0.2, 0) is 12.8 Å². The molecule has 1 aromatic carbocycles. The van der Waals surface area contributed by atoms with E-state index in [1.807, 2.05) is 0 Å².